The van der Waals surface area contributed by atoms with Crippen LogP contribution in [0.3, 0.4) is 0 Å². The Balaban J connectivity index is 2.23. The first kappa shape index (κ1) is 21.5. The number of benzene rings is 1. The lowest BCUT2D eigenvalue weighted by Crippen LogP contribution is -2.17. The van der Waals surface area contributed by atoms with Gasteiger partial charge in [-0.1, -0.05) is 6.07 Å². The summed E-state index contributed by atoms with van der Waals surface area (Å²) >= 11 is 0. The molecule has 2 rings (SSSR count). The van der Waals surface area contributed by atoms with E-state index in [2.05, 4.69) is 20.0 Å². The van der Waals surface area contributed by atoms with Crippen LogP contribution in [0.4, 0.5) is 33.7 Å². The SMILES string of the molecule is CCOc1cc(CNc2nc(N(C)C)cc(C(F)(F)F)n2)ccc1OC(F)F. The number of hydrogen-bond donors (Lipinski definition) is 1. The van der Waals surface area contributed by atoms with Crippen molar-refractivity contribution >= 4 is 11.8 Å². The molecule has 0 amide bonds. The average molecular weight is 406 g/mol. The summed E-state index contributed by atoms with van der Waals surface area (Å²) in [5.74, 6) is -0.170. The van der Waals surface area contributed by atoms with E-state index in [0.717, 1.165) is 6.07 Å². The van der Waals surface area contributed by atoms with E-state index < -0.39 is 18.5 Å². The van der Waals surface area contributed by atoms with Crippen molar-refractivity contribution in [2.24, 2.45) is 0 Å². The normalized spacial score (nSPS) is 11.5. The van der Waals surface area contributed by atoms with Gasteiger partial charge < -0.3 is 19.7 Å². The van der Waals surface area contributed by atoms with Gasteiger partial charge in [0.15, 0.2) is 17.2 Å². The highest BCUT2D eigenvalue weighted by Crippen LogP contribution is 2.31. The molecule has 0 spiro atoms. The van der Waals surface area contributed by atoms with Crippen molar-refractivity contribution in [2.75, 3.05) is 30.9 Å². The fourth-order valence-corrected chi connectivity index (χ4v) is 2.19. The van der Waals surface area contributed by atoms with Crippen molar-refractivity contribution in [3.05, 3.63) is 35.5 Å². The van der Waals surface area contributed by atoms with Gasteiger partial charge in [-0.25, -0.2) is 4.98 Å². The van der Waals surface area contributed by atoms with Crippen molar-refractivity contribution in [3.8, 4) is 11.5 Å². The van der Waals surface area contributed by atoms with Gasteiger partial charge in [-0.15, -0.1) is 0 Å². The van der Waals surface area contributed by atoms with Gasteiger partial charge in [-0.2, -0.15) is 26.9 Å². The van der Waals surface area contributed by atoms with Gasteiger partial charge >= 0.3 is 12.8 Å². The molecule has 28 heavy (non-hydrogen) atoms. The smallest absolute Gasteiger partial charge is 0.433 e. The fourth-order valence-electron chi connectivity index (χ4n) is 2.19. The first-order valence-electron chi connectivity index (χ1n) is 8.18. The maximum atomic E-state index is 13.0. The minimum atomic E-state index is -4.62. The Kier molecular flexibility index (Phi) is 6.81. The molecule has 0 saturated heterocycles. The summed E-state index contributed by atoms with van der Waals surface area (Å²) in [5.41, 5.74) is -0.526. The molecule has 0 aliphatic heterocycles. The predicted octanol–water partition coefficient (Wildman–Crippen LogP) is 4.17. The van der Waals surface area contributed by atoms with Crippen molar-refractivity contribution in [3.63, 3.8) is 0 Å². The summed E-state index contributed by atoms with van der Waals surface area (Å²) in [5, 5.41) is 2.70. The van der Waals surface area contributed by atoms with Gasteiger partial charge in [0.1, 0.15) is 5.82 Å². The molecular weight excluding hydrogens is 387 g/mol. The highest BCUT2D eigenvalue weighted by atomic mass is 19.4. The molecule has 2 aromatic rings. The molecule has 0 fully saturated rings. The van der Waals surface area contributed by atoms with Crippen LogP contribution in [0.5, 0.6) is 11.5 Å². The maximum Gasteiger partial charge on any atom is 0.433 e. The van der Waals surface area contributed by atoms with Crippen LogP contribution in [0, 0.1) is 0 Å². The largest absolute Gasteiger partial charge is 0.490 e. The van der Waals surface area contributed by atoms with E-state index in [-0.39, 0.29) is 36.4 Å². The second kappa shape index (κ2) is 8.89. The molecule has 0 aliphatic carbocycles. The van der Waals surface area contributed by atoms with E-state index in [4.69, 9.17) is 4.74 Å². The third-order valence-corrected chi connectivity index (χ3v) is 3.44. The molecule has 0 aliphatic rings. The molecule has 1 heterocycles. The molecule has 0 radical (unpaired) electrons. The van der Waals surface area contributed by atoms with E-state index >= 15 is 0 Å². The molecule has 0 atom stereocenters. The lowest BCUT2D eigenvalue weighted by atomic mass is 10.2. The molecule has 154 valence electrons. The van der Waals surface area contributed by atoms with Gasteiger partial charge in [-0.05, 0) is 24.6 Å². The molecule has 1 N–H and O–H groups in total. The zero-order valence-corrected chi connectivity index (χ0v) is 15.3. The van der Waals surface area contributed by atoms with Gasteiger partial charge in [0, 0.05) is 26.7 Å². The molecule has 1 aromatic carbocycles. The third kappa shape index (κ3) is 5.83. The number of hydrogen-bond acceptors (Lipinski definition) is 6. The Morgan fingerprint density at radius 2 is 1.82 bits per heavy atom. The Labute approximate surface area is 158 Å². The Morgan fingerprint density at radius 1 is 1.11 bits per heavy atom. The van der Waals surface area contributed by atoms with E-state index in [1.165, 1.54) is 23.1 Å². The molecule has 11 heteroatoms. The summed E-state index contributed by atoms with van der Waals surface area (Å²) in [6, 6.07) is 5.07. The van der Waals surface area contributed by atoms with Gasteiger partial charge in [0.25, 0.3) is 0 Å². The summed E-state index contributed by atoms with van der Waals surface area (Å²) in [6.45, 7) is -1.06. The Hall–Kier alpha value is -2.85. The molecule has 6 nitrogen and oxygen atoms in total. The summed E-state index contributed by atoms with van der Waals surface area (Å²) in [7, 11) is 3.12. The first-order chi connectivity index (χ1) is 13.1. The van der Waals surface area contributed by atoms with Gasteiger partial charge in [0.05, 0.1) is 6.61 Å². The second-order valence-electron chi connectivity index (χ2n) is 5.77. The first-order valence-corrected chi connectivity index (χ1v) is 8.18. The van der Waals surface area contributed by atoms with E-state index in [1.807, 2.05) is 0 Å². The number of nitrogens with one attached hydrogen (secondary N) is 1. The molecule has 1 aromatic heterocycles. The number of anilines is 2. The summed E-state index contributed by atoms with van der Waals surface area (Å²) in [6.07, 6.45) is -4.62. The van der Waals surface area contributed by atoms with Crippen LogP contribution in [0.25, 0.3) is 0 Å². The van der Waals surface area contributed by atoms with Crippen LogP contribution in [0.1, 0.15) is 18.2 Å². The predicted molar refractivity (Wildman–Crippen MR) is 92.9 cm³/mol. The van der Waals surface area contributed by atoms with Crippen molar-refractivity contribution in [1.82, 2.24) is 9.97 Å². The monoisotopic (exact) mass is 406 g/mol. The van der Waals surface area contributed by atoms with Crippen LogP contribution in [-0.2, 0) is 12.7 Å². The van der Waals surface area contributed by atoms with Crippen molar-refractivity contribution < 1.29 is 31.4 Å². The average Bonchev–Trinajstić information content (AvgIpc) is 2.60. The fraction of sp³-hybridized carbons (Fsp3) is 0.412. The minimum absolute atomic E-state index is 0.0449. The second-order valence-corrected chi connectivity index (χ2v) is 5.77. The van der Waals surface area contributed by atoms with Crippen LogP contribution < -0.4 is 19.7 Å². The lowest BCUT2D eigenvalue weighted by molar-refractivity contribution is -0.141. The topological polar surface area (TPSA) is 59.5 Å². The van der Waals surface area contributed by atoms with Crippen LogP contribution in [-0.4, -0.2) is 37.3 Å². The lowest BCUT2D eigenvalue weighted by Gasteiger charge is -2.16. The molecule has 0 bridgehead atoms. The van der Waals surface area contributed by atoms with E-state index in [0.29, 0.717) is 5.56 Å². The maximum absolute atomic E-state index is 13.0. The van der Waals surface area contributed by atoms with Gasteiger partial charge in [0.2, 0.25) is 5.95 Å². The zero-order chi connectivity index (χ0) is 20.9. The Bertz CT molecular complexity index is 800. The molecule has 0 saturated carbocycles. The zero-order valence-electron chi connectivity index (χ0n) is 15.3. The quantitative estimate of drug-likeness (QED) is 0.664. The molecule has 0 unspecified atom stereocenters. The van der Waals surface area contributed by atoms with Crippen LogP contribution in [0.15, 0.2) is 24.3 Å². The number of ether oxygens (including phenoxy) is 2. The number of rotatable bonds is 8. The highest BCUT2D eigenvalue weighted by molar-refractivity contribution is 5.46. The summed E-state index contributed by atoms with van der Waals surface area (Å²) in [4.78, 5) is 8.94. The summed E-state index contributed by atoms with van der Waals surface area (Å²) < 4.78 is 73.6. The minimum Gasteiger partial charge on any atom is -0.490 e. The van der Waals surface area contributed by atoms with Crippen molar-refractivity contribution in [1.29, 1.82) is 0 Å². The van der Waals surface area contributed by atoms with Gasteiger partial charge in [-0.3, -0.25) is 0 Å². The van der Waals surface area contributed by atoms with E-state index in [9.17, 15) is 22.0 Å². The standard InChI is InChI=1S/C17H19F5N4O2/c1-4-27-12-7-10(5-6-11(12)28-15(18)19)9-23-16-24-13(17(20,21)22)8-14(25-16)26(2)3/h5-8,15H,4,9H2,1-3H3,(H,23,24,25). The number of alkyl halides is 5. The molecular formula is C17H19F5N4O2. The highest BCUT2D eigenvalue weighted by Gasteiger charge is 2.34. The number of aromatic nitrogens is 2. The third-order valence-electron chi connectivity index (χ3n) is 3.44. The number of halogens is 5. The van der Waals surface area contributed by atoms with Crippen LogP contribution in [0.2, 0.25) is 0 Å². The number of nitrogens with zero attached hydrogens (tertiary/aromatic N) is 3. The van der Waals surface area contributed by atoms with E-state index in [1.54, 1.807) is 21.0 Å². The van der Waals surface area contributed by atoms with Crippen LogP contribution >= 0.6 is 0 Å². The van der Waals surface area contributed by atoms with Crippen molar-refractivity contribution in [2.45, 2.75) is 26.3 Å². The Morgan fingerprint density at radius 3 is 2.39 bits per heavy atom.